The van der Waals surface area contributed by atoms with Crippen LogP contribution in [0.2, 0.25) is 0 Å². The summed E-state index contributed by atoms with van der Waals surface area (Å²) in [5, 5.41) is 3.22. The number of rotatable bonds is 3. The normalized spacial score (nSPS) is 9.93. The zero-order chi connectivity index (χ0) is 21.2. The molecule has 2 aromatic rings. The molecule has 150 valence electrons. The highest BCUT2D eigenvalue weighted by Gasteiger charge is 2.29. The maximum Gasteiger partial charge on any atom is 0.416 e. The molecule has 0 aliphatic heterocycles. The van der Waals surface area contributed by atoms with Crippen molar-refractivity contribution in [2.45, 2.75) is 26.9 Å². The first-order valence-corrected chi connectivity index (χ1v) is 8.92. The fourth-order valence-electron chi connectivity index (χ4n) is 1.93. The highest BCUT2D eigenvalue weighted by Crippen LogP contribution is 2.31. The summed E-state index contributed by atoms with van der Waals surface area (Å²) in [6.07, 6.45) is -2.56. The Kier molecular flexibility index (Phi) is 10.2. The van der Waals surface area contributed by atoms with Gasteiger partial charge in [0.1, 0.15) is 5.00 Å². The average molecular weight is 402 g/mol. The molecule has 0 unspecified atom stereocenters. The number of anilines is 2. The van der Waals surface area contributed by atoms with Gasteiger partial charge in [0.15, 0.2) is 0 Å². The van der Waals surface area contributed by atoms with E-state index >= 15 is 0 Å². The lowest BCUT2D eigenvalue weighted by atomic mass is 10.1. The molecule has 0 atom stereocenters. The molecule has 0 aliphatic rings. The molecule has 0 saturated heterocycles. The maximum atomic E-state index is 12.0. The Labute approximate surface area is 161 Å². The highest BCUT2D eigenvalue weighted by molar-refractivity contribution is 7.17. The second-order valence-electron chi connectivity index (χ2n) is 4.85. The minimum Gasteiger partial charge on any atom is -0.465 e. The molecule has 4 nitrogen and oxygen atoms in total. The number of ether oxygens (including phenoxy) is 1. The van der Waals surface area contributed by atoms with Crippen molar-refractivity contribution in [3.05, 3.63) is 52.4 Å². The lowest BCUT2D eigenvalue weighted by Crippen LogP contribution is -2.04. The summed E-state index contributed by atoms with van der Waals surface area (Å²) < 4.78 is 40.6. The van der Waals surface area contributed by atoms with E-state index in [1.54, 1.807) is 13.1 Å². The first-order valence-electron chi connectivity index (χ1n) is 8.10. The van der Waals surface area contributed by atoms with Crippen LogP contribution < -0.4 is 11.1 Å². The van der Waals surface area contributed by atoms with Crippen molar-refractivity contribution in [2.75, 3.05) is 25.2 Å². The van der Waals surface area contributed by atoms with Crippen LogP contribution in [0.3, 0.4) is 0 Å². The van der Waals surface area contributed by atoms with E-state index in [0.717, 1.165) is 22.6 Å². The number of nitrogens with two attached hydrogens (primary N) is 1. The second-order valence-corrected chi connectivity index (χ2v) is 5.94. The van der Waals surface area contributed by atoms with Crippen LogP contribution in [0.5, 0.6) is 0 Å². The summed E-state index contributed by atoms with van der Waals surface area (Å²) in [5.41, 5.74) is 7.01. The number of esters is 1. The molecular formula is C19H25F3N2O2S. The zero-order valence-corrected chi connectivity index (χ0v) is 16.8. The number of halogens is 3. The van der Waals surface area contributed by atoms with Crippen LogP contribution in [-0.2, 0) is 10.9 Å². The molecule has 0 radical (unpaired) electrons. The van der Waals surface area contributed by atoms with E-state index in [1.807, 2.05) is 20.8 Å². The quantitative estimate of drug-likeness (QED) is 0.633. The van der Waals surface area contributed by atoms with Gasteiger partial charge in [0.2, 0.25) is 0 Å². The Morgan fingerprint density at radius 1 is 1.26 bits per heavy atom. The predicted molar refractivity (Wildman–Crippen MR) is 107 cm³/mol. The second kappa shape index (κ2) is 11.3. The highest BCUT2D eigenvalue weighted by atomic mass is 32.1. The van der Waals surface area contributed by atoms with E-state index in [2.05, 4.69) is 16.6 Å². The third kappa shape index (κ3) is 6.97. The molecule has 0 saturated carbocycles. The largest absolute Gasteiger partial charge is 0.465 e. The van der Waals surface area contributed by atoms with Crippen LogP contribution in [0, 0.1) is 6.92 Å². The van der Waals surface area contributed by atoms with E-state index in [0.29, 0.717) is 16.3 Å². The monoisotopic (exact) mass is 402 g/mol. The van der Waals surface area contributed by atoms with E-state index in [4.69, 9.17) is 5.73 Å². The summed E-state index contributed by atoms with van der Waals surface area (Å²) in [5.74, 6) is -0.389. The zero-order valence-electron chi connectivity index (χ0n) is 16.0. The molecule has 2 rings (SSSR count). The van der Waals surface area contributed by atoms with Crippen LogP contribution in [-0.4, -0.2) is 20.1 Å². The fourth-order valence-corrected chi connectivity index (χ4v) is 2.84. The number of benzene rings is 1. The van der Waals surface area contributed by atoms with Crippen LogP contribution in [0.15, 0.2) is 30.8 Å². The standard InChI is InChI=1S/C9H11NO2S.C8H8F3N.C2H6/c1-4-6-5(2)7(8(10)13-6)9(11)12-3;1-12-7-4-2-6(3-5-7)8(9,10)11;1-2/h4H,1,10H2,2-3H3;2-5,12H,1H3;1-2H3. The smallest absolute Gasteiger partial charge is 0.416 e. The van der Waals surface area contributed by atoms with Crippen LogP contribution >= 0.6 is 11.3 Å². The Morgan fingerprint density at radius 3 is 2.11 bits per heavy atom. The Balaban J connectivity index is 0.000000460. The van der Waals surface area contributed by atoms with Crippen molar-refractivity contribution in [3.8, 4) is 0 Å². The summed E-state index contributed by atoms with van der Waals surface area (Å²) in [6, 6.07) is 4.88. The summed E-state index contributed by atoms with van der Waals surface area (Å²) >= 11 is 1.34. The number of thiophene rings is 1. The van der Waals surface area contributed by atoms with Crippen molar-refractivity contribution in [3.63, 3.8) is 0 Å². The van der Waals surface area contributed by atoms with Gasteiger partial charge in [-0.1, -0.05) is 26.5 Å². The number of nitrogens with one attached hydrogen (secondary N) is 1. The Bertz CT molecular complexity index is 739. The summed E-state index contributed by atoms with van der Waals surface area (Å²) in [6.45, 7) is 9.46. The van der Waals surface area contributed by atoms with Crippen molar-refractivity contribution < 1.29 is 22.7 Å². The van der Waals surface area contributed by atoms with Gasteiger partial charge in [-0.05, 0) is 36.8 Å². The van der Waals surface area contributed by atoms with Gasteiger partial charge in [0.05, 0.1) is 18.2 Å². The van der Waals surface area contributed by atoms with Gasteiger partial charge in [-0.15, -0.1) is 11.3 Å². The first kappa shape index (κ1) is 24.5. The lowest BCUT2D eigenvalue weighted by molar-refractivity contribution is -0.137. The third-order valence-electron chi connectivity index (χ3n) is 3.29. The third-order valence-corrected chi connectivity index (χ3v) is 4.40. The molecule has 0 spiro atoms. The SMILES string of the molecule is C=Cc1sc(N)c(C(=O)OC)c1C.CC.CNc1ccc(C(F)(F)F)cc1. The number of alkyl halides is 3. The molecule has 27 heavy (non-hydrogen) atoms. The summed E-state index contributed by atoms with van der Waals surface area (Å²) in [4.78, 5) is 12.2. The van der Waals surface area contributed by atoms with E-state index < -0.39 is 11.7 Å². The van der Waals surface area contributed by atoms with Crippen LogP contribution in [0.4, 0.5) is 23.9 Å². The Morgan fingerprint density at radius 2 is 1.78 bits per heavy atom. The maximum absolute atomic E-state index is 12.0. The number of hydrogen-bond acceptors (Lipinski definition) is 5. The molecule has 0 fully saturated rings. The predicted octanol–water partition coefficient (Wildman–Crippen LogP) is 5.84. The van der Waals surface area contributed by atoms with Crippen molar-refractivity contribution >= 4 is 34.1 Å². The van der Waals surface area contributed by atoms with Gasteiger partial charge in [0.25, 0.3) is 0 Å². The summed E-state index contributed by atoms with van der Waals surface area (Å²) in [7, 11) is 3.00. The minimum atomic E-state index is -4.24. The van der Waals surface area contributed by atoms with Gasteiger partial charge in [-0.3, -0.25) is 0 Å². The lowest BCUT2D eigenvalue weighted by Gasteiger charge is -2.06. The first-order chi connectivity index (χ1) is 12.6. The van der Waals surface area contributed by atoms with Crippen molar-refractivity contribution in [1.29, 1.82) is 0 Å². The van der Waals surface area contributed by atoms with Crippen LogP contribution in [0.25, 0.3) is 6.08 Å². The van der Waals surface area contributed by atoms with Gasteiger partial charge < -0.3 is 15.8 Å². The molecule has 1 aromatic heterocycles. The van der Waals surface area contributed by atoms with Crippen molar-refractivity contribution in [1.82, 2.24) is 0 Å². The van der Waals surface area contributed by atoms with E-state index in [9.17, 15) is 18.0 Å². The van der Waals surface area contributed by atoms with Crippen molar-refractivity contribution in [2.24, 2.45) is 0 Å². The molecule has 0 amide bonds. The molecule has 0 bridgehead atoms. The average Bonchev–Trinajstić information content (AvgIpc) is 2.96. The Hall–Kier alpha value is -2.48. The number of methoxy groups -OCH3 is 1. The number of nitrogen functional groups attached to an aromatic ring is 1. The minimum absolute atomic E-state index is 0.389. The molecule has 3 N–H and O–H groups in total. The van der Waals surface area contributed by atoms with Gasteiger partial charge in [0, 0.05) is 17.6 Å². The fraction of sp³-hybridized carbons (Fsp3) is 0.316. The molecule has 8 heteroatoms. The van der Waals surface area contributed by atoms with Gasteiger partial charge >= 0.3 is 12.1 Å². The van der Waals surface area contributed by atoms with Gasteiger partial charge in [-0.25, -0.2) is 4.79 Å². The van der Waals surface area contributed by atoms with Crippen LogP contribution in [0.1, 0.15) is 40.2 Å². The topological polar surface area (TPSA) is 64.4 Å². The number of carbonyl (C=O) groups excluding carboxylic acids is 1. The molecule has 1 aromatic carbocycles. The molecular weight excluding hydrogens is 377 g/mol. The molecule has 0 aliphatic carbocycles. The van der Waals surface area contributed by atoms with E-state index in [1.165, 1.54) is 30.6 Å². The van der Waals surface area contributed by atoms with Gasteiger partial charge in [-0.2, -0.15) is 13.2 Å². The molecule has 1 heterocycles. The number of carbonyl (C=O) groups is 1. The van der Waals surface area contributed by atoms with E-state index in [-0.39, 0.29) is 5.97 Å². The number of hydrogen-bond donors (Lipinski definition) is 2.